The molecule has 1 aliphatic carbocycles. The van der Waals surface area contributed by atoms with Gasteiger partial charge in [-0.05, 0) is 79.0 Å². The van der Waals surface area contributed by atoms with E-state index < -0.39 is 17.7 Å². The number of rotatable bonds is 5. The lowest BCUT2D eigenvalue weighted by Crippen LogP contribution is -2.50. The van der Waals surface area contributed by atoms with Gasteiger partial charge in [-0.15, -0.1) is 0 Å². The van der Waals surface area contributed by atoms with Crippen LogP contribution in [0.5, 0.6) is 0 Å². The normalized spacial score (nSPS) is 22.6. The summed E-state index contributed by atoms with van der Waals surface area (Å²) in [7, 11) is 0. The number of aromatic nitrogens is 1. The van der Waals surface area contributed by atoms with Gasteiger partial charge < -0.3 is 15.6 Å². The molecule has 2 fully saturated rings. The number of halogens is 3. The maximum absolute atomic E-state index is 14.5. The molecule has 172 valence electrons. The number of carbonyl (C=O) groups excluding carboxylic acids is 2. The molecule has 3 aromatic rings. The van der Waals surface area contributed by atoms with Crippen LogP contribution in [0.1, 0.15) is 43.6 Å². The molecule has 3 N–H and O–H groups in total. The number of hydrogen-bond donors (Lipinski definition) is 3. The molecule has 1 saturated carbocycles. The molecule has 1 aliphatic heterocycles. The van der Waals surface area contributed by atoms with Crippen molar-refractivity contribution in [1.29, 1.82) is 0 Å². The Morgan fingerprint density at radius 1 is 1.06 bits per heavy atom. The molecule has 2 heterocycles. The van der Waals surface area contributed by atoms with Crippen molar-refractivity contribution in [3.05, 3.63) is 59.4 Å². The third-order valence-electron chi connectivity index (χ3n) is 6.75. The van der Waals surface area contributed by atoms with Crippen molar-refractivity contribution in [3.8, 4) is 11.3 Å². The zero-order valence-corrected chi connectivity index (χ0v) is 17.9. The number of H-pyrrole nitrogens is 1. The molecule has 0 radical (unpaired) electrons. The van der Waals surface area contributed by atoms with Crippen LogP contribution in [0.2, 0.25) is 0 Å². The molecular weight excluding hydrogens is 431 g/mol. The first kappa shape index (κ1) is 21.6. The predicted octanol–water partition coefficient (Wildman–Crippen LogP) is 4.53. The molecule has 2 amide bonds. The highest BCUT2D eigenvalue weighted by Crippen LogP contribution is 2.48. The van der Waals surface area contributed by atoms with Crippen LogP contribution < -0.4 is 10.6 Å². The lowest BCUT2D eigenvalue weighted by Gasteiger charge is -2.36. The monoisotopic (exact) mass is 455 g/mol. The molecule has 0 unspecified atom stereocenters. The van der Waals surface area contributed by atoms with Crippen LogP contribution >= 0.6 is 0 Å². The van der Waals surface area contributed by atoms with E-state index in [0.29, 0.717) is 42.5 Å². The summed E-state index contributed by atoms with van der Waals surface area (Å²) in [5.41, 5.74) is 2.41. The molecule has 1 saturated heterocycles. The smallest absolute Gasteiger partial charge is 0.242 e. The number of hydrogen-bond acceptors (Lipinski definition) is 2. The van der Waals surface area contributed by atoms with Crippen molar-refractivity contribution < 1.29 is 22.8 Å². The topological polar surface area (TPSA) is 74.0 Å². The Bertz CT molecular complexity index is 1220. The molecule has 0 spiro atoms. The number of benzene rings is 2. The van der Waals surface area contributed by atoms with Crippen LogP contribution in [0.4, 0.5) is 13.2 Å². The summed E-state index contributed by atoms with van der Waals surface area (Å²) in [6, 6.07) is 7.61. The van der Waals surface area contributed by atoms with E-state index in [1.54, 1.807) is 12.1 Å². The average Bonchev–Trinajstić information content (AvgIpc) is 3.12. The van der Waals surface area contributed by atoms with E-state index in [0.717, 1.165) is 24.5 Å². The summed E-state index contributed by atoms with van der Waals surface area (Å²) >= 11 is 0. The largest absolute Gasteiger partial charge is 0.354 e. The highest BCUT2D eigenvalue weighted by Gasteiger charge is 2.35. The standard InChI is InChI=1S/C25H24F3N3O2/c26-16-6-4-14(5-7-16)23-22(18-10-17(27)11-19(28)24(18)31-23)15-8-13(9-15)12-29-25(33)20-2-1-3-21(32)30-20/h4-7,10-11,13,15,20,31H,1-3,8-9,12H2,(H,29,33)(H,30,32)/t13-,15-,20-/m0/s1. The molecule has 2 aromatic carbocycles. The van der Waals surface area contributed by atoms with Gasteiger partial charge in [0.15, 0.2) is 0 Å². The Hall–Kier alpha value is -3.29. The van der Waals surface area contributed by atoms with Gasteiger partial charge in [-0.25, -0.2) is 13.2 Å². The van der Waals surface area contributed by atoms with Crippen LogP contribution in [0.15, 0.2) is 36.4 Å². The molecule has 1 aromatic heterocycles. The van der Waals surface area contributed by atoms with Gasteiger partial charge in [0.2, 0.25) is 11.8 Å². The summed E-state index contributed by atoms with van der Waals surface area (Å²) in [4.78, 5) is 27.0. The van der Waals surface area contributed by atoms with Gasteiger partial charge in [0.05, 0.1) is 11.2 Å². The zero-order valence-electron chi connectivity index (χ0n) is 17.9. The van der Waals surface area contributed by atoms with E-state index in [2.05, 4.69) is 15.6 Å². The first-order valence-electron chi connectivity index (χ1n) is 11.2. The highest BCUT2D eigenvalue weighted by molar-refractivity contribution is 5.92. The van der Waals surface area contributed by atoms with E-state index in [9.17, 15) is 22.8 Å². The second kappa shape index (κ2) is 8.57. The lowest BCUT2D eigenvalue weighted by molar-refractivity contribution is -0.131. The van der Waals surface area contributed by atoms with Crippen molar-refractivity contribution in [2.24, 2.45) is 5.92 Å². The summed E-state index contributed by atoms with van der Waals surface area (Å²) in [6.07, 6.45) is 3.29. The number of aromatic amines is 1. The maximum Gasteiger partial charge on any atom is 0.242 e. The van der Waals surface area contributed by atoms with Gasteiger partial charge >= 0.3 is 0 Å². The van der Waals surface area contributed by atoms with Crippen molar-refractivity contribution in [3.63, 3.8) is 0 Å². The minimum absolute atomic E-state index is 0.0521. The number of fused-ring (bicyclic) bond motifs is 1. The SMILES string of the molecule is O=C1CCC[C@@H](C(=O)NC[C@H]2C[C@H](c3c(-c4ccc(F)cc4)[nH]c4c(F)cc(F)cc43)C2)N1. The second-order valence-electron chi connectivity index (χ2n) is 9.02. The van der Waals surface area contributed by atoms with Gasteiger partial charge in [0.25, 0.3) is 0 Å². The van der Waals surface area contributed by atoms with Crippen molar-refractivity contribution in [2.45, 2.75) is 44.1 Å². The average molecular weight is 455 g/mol. The first-order valence-corrected chi connectivity index (χ1v) is 11.2. The van der Waals surface area contributed by atoms with Gasteiger partial charge in [-0.3, -0.25) is 9.59 Å². The summed E-state index contributed by atoms with van der Waals surface area (Å²) < 4.78 is 42.0. The third kappa shape index (κ3) is 4.21. The van der Waals surface area contributed by atoms with Crippen LogP contribution in [0, 0.1) is 23.4 Å². The van der Waals surface area contributed by atoms with Crippen LogP contribution in [-0.4, -0.2) is 29.4 Å². The van der Waals surface area contributed by atoms with Crippen LogP contribution in [0.3, 0.4) is 0 Å². The Labute approximate surface area is 188 Å². The molecular formula is C25H24F3N3O2. The number of amides is 2. The number of nitrogens with one attached hydrogen (secondary N) is 3. The van der Waals surface area contributed by atoms with Crippen LogP contribution in [-0.2, 0) is 9.59 Å². The fourth-order valence-corrected chi connectivity index (χ4v) is 5.02. The van der Waals surface area contributed by atoms with E-state index in [4.69, 9.17) is 0 Å². The number of piperidine rings is 1. The molecule has 33 heavy (non-hydrogen) atoms. The minimum atomic E-state index is -0.669. The first-order chi connectivity index (χ1) is 15.9. The quantitative estimate of drug-likeness (QED) is 0.529. The molecule has 2 aliphatic rings. The Kier molecular flexibility index (Phi) is 5.60. The van der Waals surface area contributed by atoms with E-state index in [1.165, 1.54) is 18.2 Å². The Morgan fingerprint density at radius 3 is 2.55 bits per heavy atom. The van der Waals surface area contributed by atoms with Crippen molar-refractivity contribution in [1.82, 2.24) is 15.6 Å². The second-order valence-corrected chi connectivity index (χ2v) is 9.02. The van der Waals surface area contributed by atoms with Gasteiger partial charge in [0.1, 0.15) is 23.5 Å². The molecule has 1 atom stereocenters. The van der Waals surface area contributed by atoms with E-state index in [1.807, 2.05) is 0 Å². The van der Waals surface area contributed by atoms with E-state index >= 15 is 0 Å². The summed E-state index contributed by atoms with van der Waals surface area (Å²) in [5.74, 6) is -1.69. The molecule has 5 nitrogen and oxygen atoms in total. The minimum Gasteiger partial charge on any atom is -0.354 e. The zero-order chi connectivity index (χ0) is 23.1. The van der Waals surface area contributed by atoms with Crippen LogP contribution in [0.25, 0.3) is 22.2 Å². The third-order valence-corrected chi connectivity index (χ3v) is 6.75. The van der Waals surface area contributed by atoms with Gasteiger partial charge in [0, 0.05) is 24.4 Å². The van der Waals surface area contributed by atoms with Crippen molar-refractivity contribution >= 4 is 22.7 Å². The fourth-order valence-electron chi connectivity index (χ4n) is 5.02. The fraction of sp³-hybridized carbons (Fsp3) is 0.360. The van der Waals surface area contributed by atoms with Gasteiger partial charge in [-0.2, -0.15) is 0 Å². The highest BCUT2D eigenvalue weighted by atomic mass is 19.1. The Morgan fingerprint density at radius 2 is 1.82 bits per heavy atom. The molecule has 0 bridgehead atoms. The predicted molar refractivity (Wildman–Crippen MR) is 118 cm³/mol. The Balaban J connectivity index is 1.34. The van der Waals surface area contributed by atoms with Gasteiger partial charge in [-0.1, -0.05) is 0 Å². The maximum atomic E-state index is 14.5. The molecule has 5 rings (SSSR count). The summed E-state index contributed by atoms with van der Waals surface area (Å²) in [5, 5.41) is 6.13. The summed E-state index contributed by atoms with van der Waals surface area (Å²) in [6.45, 7) is 0.485. The van der Waals surface area contributed by atoms with Crippen molar-refractivity contribution in [2.75, 3.05) is 6.54 Å². The van der Waals surface area contributed by atoms with E-state index in [-0.39, 0.29) is 35.0 Å². The number of carbonyl (C=O) groups is 2. The molecule has 8 heteroatoms. The lowest BCUT2D eigenvalue weighted by atomic mass is 9.70.